The van der Waals surface area contributed by atoms with Crippen molar-refractivity contribution >= 4 is 38.3 Å². The van der Waals surface area contributed by atoms with Crippen molar-refractivity contribution in [1.82, 2.24) is 0 Å². The molecule has 0 spiro atoms. The van der Waals surface area contributed by atoms with Crippen LogP contribution in [0, 0.1) is 5.41 Å². The number of benzene rings is 4. The van der Waals surface area contributed by atoms with Crippen molar-refractivity contribution in [2.24, 2.45) is 5.41 Å². The molecule has 0 saturated carbocycles. The molecule has 4 rings (SSSR count). The van der Waals surface area contributed by atoms with Gasteiger partial charge in [0.1, 0.15) is 5.75 Å². The van der Waals surface area contributed by atoms with Gasteiger partial charge in [0.05, 0.1) is 5.41 Å². The lowest BCUT2D eigenvalue weighted by Gasteiger charge is -2.21. The van der Waals surface area contributed by atoms with Crippen molar-refractivity contribution in [2.45, 2.75) is 27.2 Å². The molecule has 0 aromatic heterocycles. The van der Waals surface area contributed by atoms with Gasteiger partial charge >= 0.3 is 5.97 Å². The van der Waals surface area contributed by atoms with Gasteiger partial charge in [-0.3, -0.25) is 4.79 Å². The van der Waals surface area contributed by atoms with Crippen molar-refractivity contribution in [2.75, 3.05) is 0 Å². The minimum absolute atomic E-state index is 0.181. The summed E-state index contributed by atoms with van der Waals surface area (Å²) in [6.45, 7) is 5.85. The van der Waals surface area contributed by atoms with Crippen molar-refractivity contribution in [1.29, 1.82) is 0 Å². The van der Waals surface area contributed by atoms with Gasteiger partial charge in [-0.25, -0.2) is 0 Å². The summed E-state index contributed by atoms with van der Waals surface area (Å²) < 4.78 is 5.79. The zero-order valence-corrected chi connectivity index (χ0v) is 14.2. The Labute approximate surface area is 141 Å². The number of esters is 1. The normalized spacial score (nSPS) is 12.3. The maximum absolute atomic E-state index is 12.5. The molecule has 24 heavy (non-hydrogen) atoms. The molecule has 4 aromatic rings. The lowest BCUT2D eigenvalue weighted by atomic mass is 9.90. The smallest absolute Gasteiger partial charge is 0.316 e. The molecular formula is C22H20O2. The van der Waals surface area contributed by atoms with Crippen LogP contribution in [0.15, 0.2) is 54.6 Å². The van der Waals surface area contributed by atoms with Crippen LogP contribution in [0.2, 0.25) is 0 Å². The summed E-state index contributed by atoms with van der Waals surface area (Å²) in [7, 11) is 0. The SMILES string of the molecule is CCC(C)(C)C(=O)Oc1ccc2ccc3cccc4ccc1c2c34. The van der Waals surface area contributed by atoms with E-state index in [9.17, 15) is 4.79 Å². The fourth-order valence-electron chi connectivity index (χ4n) is 3.18. The first-order valence-electron chi connectivity index (χ1n) is 8.40. The van der Waals surface area contributed by atoms with E-state index in [0.717, 1.165) is 11.8 Å². The van der Waals surface area contributed by atoms with Crippen LogP contribution < -0.4 is 4.74 Å². The summed E-state index contributed by atoms with van der Waals surface area (Å²) in [6, 6.07) is 18.7. The van der Waals surface area contributed by atoms with Crippen LogP contribution in [0.25, 0.3) is 32.3 Å². The highest BCUT2D eigenvalue weighted by molar-refractivity contribution is 6.24. The topological polar surface area (TPSA) is 26.3 Å². The second-order valence-corrected chi connectivity index (χ2v) is 7.05. The monoisotopic (exact) mass is 316 g/mol. The van der Waals surface area contributed by atoms with Gasteiger partial charge in [0, 0.05) is 10.8 Å². The summed E-state index contributed by atoms with van der Waals surface area (Å²) in [6.07, 6.45) is 0.748. The van der Waals surface area contributed by atoms with Crippen LogP contribution in [-0.2, 0) is 4.79 Å². The fraction of sp³-hybridized carbons (Fsp3) is 0.227. The van der Waals surface area contributed by atoms with E-state index in [1.165, 1.54) is 26.9 Å². The third-order valence-corrected chi connectivity index (χ3v) is 5.13. The molecule has 0 bridgehead atoms. The molecule has 0 radical (unpaired) electrons. The highest BCUT2D eigenvalue weighted by Crippen LogP contribution is 2.39. The molecule has 120 valence electrons. The first-order chi connectivity index (χ1) is 11.5. The molecule has 4 aromatic carbocycles. The zero-order valence-electron chi connectivity index (χ0n) is 14.2. The minimum Gasteiger partial charge on any atom is -0.425 e. The summed E-state index contributed by atoms with van der Waals surface area (Å²) >= 11 is 0. The van der Waals surface area contributed by atoms with Gasteiger partial charge < -0.3 is 4.74 Å². The van der Waals surface area contributed by atoms with E-state index in [4.69, 9.17) is 4.74 Å². The van der Waals surface area contributed by atoms with Crippen molar-refractivity contribution < 1.29 is 9.53 Å². The Morgan fingerprint density at radius 1 is 0.875 bits per heavy atom. The van der Waals surface area contributed by atoms with Gasteiger partial charge in [0.25, 0.3) is 0 Å². The number of carbonyl (C=O) groups excluding carboxylic acids is 1. The molecule has 0 amide bonds. The predicted octanol–water partition coefficient (Wildman–Crippen LogP) is 5.93. The third kappa shape index (κ3) is 2.14. The average Bonchev–Trinajstić information content (AvgIpc) is 2.60. The molecule has 0 atom stereocenters. The Bertz CT molecular complexity index is 1040. The van der Waals surface area contributed by atoms with Gasteiger partial charge in [-0.1, -0.05) is 49.4 Å². The molecule has 0 N–H and O–H groups in total. The Morgan fingerprint density at radius 3 is 2.12 bits per heavy atom. The lowest BCUT2D eigenvalue weighted by molar-refractivity contribution is -0.144. The second kappa shape index (κ2) is 5.20. The van der Waals surface area contributed by atoms with E-state index in [0.29, 0.717) is 5.75 Å². The quantitative estimate of drug-likeness (QED) is 0.266. The van der Waals surface area contributed by atoms with Gasteiger partial charge in [-0.15, -0.1) is 0 Å². The fourth-order valence-corrected chi connectivity index (χ4v) is 3.18. The molecule has 0 unspecified atom stereocenters. The van der Waals surface area contributed by atoms with E-state index in [2.05, 4.69) is 42.5 Å². The van der Waals surface area contributed by atoms with Gasteiger partial charge in [0.2, 0.25) is 0 Å². The van der Waals surface area contributed by atoms with Gasteiger partial charge in [-0.2, -0.15) is 0 Å². The molecular weight excluding hydrogens is 296 g/mol. The maximum atomic E-state index is 12.5. The van der Waals surface area contributed by atoms with E-state index in [1.54, 1.807) is 0 Å². The molecule has 0 saturated heterocycles. The van der Waals surface area contributed by atoms with Gasteiger partial charge in [-0.05, 0) is 53.9 Å². The number of hydrogen-bond donors (Lipinski definition) is 0. The number of rotatable bonds is 3. The number of hydrogen-bond acceptors (Lipinski definition) is 2. The Hall–Kier alpha value is -2.61. The van der Waals surface area contributed by atoms with Crippen molar-refractivity contribution in [3.63, 3.8) is 0 Å². The van der Waals surface area contributed by atoms with E-state index < -0.39 is 5.41 Å². The zero-order chi connectivity index (χ0) is 16.9. The average molecular weight is 316 g/mol. The number of carbonyl (C=O) groups is 1. The number of ether oxygens (including phenoxy) is 1. The highest BCUT2D eigenvalue weighted by atomic mass is 16.5. The summed E-state index contributed by atoms with van der Waals surface area (Å²) in [4.78, 5) is 12.5. The highest BCUT2D eigenvalue weighted by Gasteiger charge is 2.28. The van der Waals surface area contributed by atoms with Crippen LogP contribution in [0.5, 0.6) is 5.75 Å². The first kappa shape index (κ1) is 14.9. The standard InChI is InChI=1S/C22H20O2/c1-4-22(2,3)21(23)24-18-13-11-16-9-8-14-6-5-7-15-10-12-17(18)20(16)19(14)15/h5-13H,4H2,1-3H3. The van der Waals surface area contributed by atoms with Crippen LogP contribution in [0.4, 0.5) is 0 Å². The van der Waals surface area contributed by atoms with Crippen molar-refractivity contribution in [3.05, 3.63) is 54.6 Å². The maximum Gasteiger partial charge on any atom is 0.316 e. The van der Waals surface area contributed by atoms with E-state index in [1.807, 2.05) is 32.9 Å². The largest absolute Gasteiger partial charge is 0.425 e. The van der Waals surface area contributed by atoms with Crippen LogP contribution in [0.3, 0.4) is 0 Å². The van der Waals surface area contributed by atoms with Crippen LogP contribution in [-0.4, -0.2) is 5.97 Å². The Balaban J connectivity index is 1.96. The molecule has 0 fully saturated rings. The first-order valence-corrected chi connectivity index (χ1v) is 8.40. The lowest BCUT2D eigenvalue weighted by Crippen LogP contribution is -2.28. The third-order valence-electron chi connectivity index (χ3n) is 5.13. The van der Waals surface area contributed by atoms with Crippen LogP contribution in [0.1, 0.15) is 27.2 Å². The van der Waals surface area contributed by atoms with Crippen LogP contribution >= 0.6 is 0 Å². The summed E-state index contributed by atoms with van der Waals surface area (Å²) in [5, 5.41) is 7.00. The molecule has 0 aliphatic carbocycles. The van der Waals surface area contributed by atoms with E-state index in [-0.39, 0.29) is 5.97 Å². The molecule has 2 heteroatoms. The van der Waals surface area contributed by atoms with Crippen molar-refractivity contribution in [3.8, 4) is 5.75 Å². The predicted molar refractivity (Wildman–Crippen MR) is 99.9 cm³/mol. The molecule has 0 aliphatic rings. The van der Waals surface area contributed by atoms with Gasteiger partial charge in [0.15, 0.2) is 0 Å². The Kier molecular flexibility index (Phi) is 3.24. The summed E-state index contributed by atoms with van der Waals surface area (Å²) in [5.74, 6) is 0.465. The minimum atomic E-state index is -0.482. The summed E-state index contributed by atoms with van der Waals surface area (Å²) in [5.41, 5.74) is -0.482. The Morgan fingerprint density at radius 2 is 1.46 bits per heavy atom. The second-order valence-electron chi connectivity index (χ2n) is 7.05. The molecule has 2 nitrogen and oxygen atoms in total. The molecule has 0 aliphatic heterocycles. The molecule has 0 heterocycles. The van der Waals surface area contributed by atoms with E-state index >= 15 is 0 Å².